The van der Waals surface area contributed by atoms with Gasteiger partial charge in [-0.1, -0.05) is 0 Å². The molecule has 0 N–H and O–H groups in total. The Morgan fingerprint density at radius 3 is 2.27 bits per heavy atom. The molecule has 1 aromatic carbocycles. The Morgan fingerprint density at radius 2 is 1.91 bits per heavy atom. The molecule has 0 aliphatic heterocycles. The number of nitroso groups, excluding NO2 is 1. The van der Waals surface area contributed by atoms with Crippen LogP contribution < -0.4 is 3.11 Å². The van der Waals surface area contributed by atoms with Gasteiger partial charge in [-0.05, 0) is 29.4 Å². The molecule has 4 heteroatoms. The van der Waals surface area contributed by atoms with Crippen LogP contribution >= 0.6 is 22.9 Å². The molecule has 0 atom stereocenters. The van der Waals surface area contributed by atoms with E-state index in [0.29, 0.717) is 5.69 Å². The fourth-order valence-electron chi connectivity index (χ4n) is 0.719. The van der Waals surface area contributed by atoms with Crippen molar-refractivity contribution in [3.8, 4) is 0 Å². The van der Waals surface area contributed by atoms with Crippen LogP contribution in [0.3, 0.4) is 0 Å². The third-order valence-corrected chi connectivity index (χ3v) is 1.87. The average Bonchev–Trinajstić information content (AvgIpc) is 2.05. The molecule has 0 aliphatic carbocycles. The molecule has 0 saturated heterocycles. The van der Waals surface area contributed by atoms with E-state index in [9.17, 15) is 4.91 Å². The van der Waals surface area contributed by atoms with Crippen LogP contribution in [0.4, 0.5) is 11.4 Å². The summed E-state index contributed by atoms with van der Waals surface area (Å²) in [6, 6.07) is 7.08. The fraction of sp³-hybridized carbons (Fsp3) is 0.143. The summed E-state index contributed by atoms with van der Waals surface area (Å²) < 4.78 is 1.94. The molecule has 0 fully saturated rings. The number of nitrogens with zero attached hydrogens (tertiary/aromatic N) is 2. The van der Waals surface area contributed by atoms with Gasteiger partial charge in [-0.2, -0.15) is 0 Å². The Hall–Kier alpha value is -0.650. The van der Waals surface area contributed by atoms with Gasteiger partial charge in [0.15, 0.2) is 0 Å². The minimum absolute atomic E-state index is 0.465. The Morgan fingerprint density at radius 1 is 1.36 bits per heavy atom. The molecule has 0 aliphatic rings. The topological polar surface area (TPSA) is 32.7 Å². The van der Waals surface area contributed by atoms with Gasteiger partial charge < -0.3 is 3.11 Å². The van der Waals surface area contributed by atoms with Crippen LogP contribution in [-0.4, -0.2) is 7.05 Å². The van der Waals surface area contributed by atoms with Crippen molar-refractivity contribution in [2.24, 2.45) is 5.18 Å². The van der Waals surface area contributed by atoms with Crippen molar-refractivity contribution in [2.75, 3.05) is 10.2 Å². The molecule has 11 heavy (non-hydrogen) atoms. The van der Waals surface area contributed by atoms with E-state index in [4.69, 9.17) is 0 Å². The van der Waals surface area contributed by atoms with Gasteiger partial charge in [0.05, 0.1) is 22.9 Å². The molecule has 0 bridgehead atoms. The lowest BCUT2D eigenvalue weighted by atomic mass is 10.3. The molecule has 0 heterocycles. The highest BCUT2D eigenvalue weighted by Gasteiger charge is 1.95. The maximum Gasteiger partial charge on any atom is 0.108 e. The van der Waals surface area contributed by atoms with Crippen LogP contribution in [0.1, 0.15) is 0 Å². The van der Waals surface area contributed by atoms with E-state index in [1.807, 2.05) is 22.3 Å². The van der Waals surface area contributed by atoms with Gasteiger partial charge >= 0.3 is 0 Å². The van der Waals surface area contributed by atoms with Crippen molar-refractivity contribution >= 4 is 34.2 Å². The SMILES string of the molecule is CN(I)c1ccc(N=O)cc1. The van der Waals surface area contributed by atoms with Gasteiger partial charge in [-0.3, -0.25) is 0 Å². The summed E-state index contributed by atoms with van der Waals surface area (Å²) in [7, 11) is 1.93. The van der Waals surface area contributed by atoms with Crippen molar-refractivity contribution in [1.29, 1.82) is 0 Å². The standard InChI is InChI=1S/C7H7IN2O/c1-10(8)7-4-2-6(9-11)3-5-7/h2-5H,1H3. The molecular weight excluding hydrogens is 255 g/mol. The zero-order chi connectivity index (χ0) is 8.27. The minimum Gasteiger partial charge on any atom is -0.318 e. The zero-order valence-electron chi connectivity index (χ0n) is 5.99. The summed E-state index contributed by atoms with van der Waals surface area (Å²) in [4.78, 5) is 10.0. The van der Waals surface area contributed by atoms with Gasteiger partial charge in [0.2, 0.25) is 0 Å². The summed E-state index contributed by atoms with van der Waals surface area (Å²) in [6.45, 7) is 0. The predicted molar refractivity (Wildman–Crippen MR) is 54.3 cm³/mol. The average molecular weight is 262 g/mol. The quantitative estimate of drug-likeness (QED) is 0.466. The molecule has 0 spiro atoms. The van der Waals surface area contributed by atoms with Crippen molar-refractivity contribution < 1.29 is 0 Å². The van der Waals surface area contributed by atoms with Crippen molar-refractivity contribution in [3.63, 3.8) is 0 Å². The maximum atomic E-state index is 10.0. The first-order valence-corrected chi connectivity index (χ1v) is 4.03. The van der Waals surface area contributed by atoms with Gasteiger partial charge in [-0.25, -0.2) is 0 Å². The normalized spacial score (nSPS) is 9.27. The summed E-state index contributed by atoms with van der Waals surface area (Å²) >= 11 is 2.16. The van der Waals surface area contributed by atoms with Gasteiger partial charge in [0.1, 0.15) is 5.69 Å². The fourth-order valence-corrected chi connectivity index (χ4v) is 1.04. The lowest BCUT2D eigenvalue weighted by Gasteiger charge is -2.08. The third-order valence-electron chi connectivity index (χ3n) is 1.31. The summed E-state index contributed by atoms with van der Waals surface area (Å²) in [6.07, 6.45) is 0. The zero-order valence-corrected chi connectivity index (χ0v) is 8.15. The second-order valence-electron chi connectivity index (χ2n) is 2.08. The second-order valence-corrected chi connectivity index (χ2v) is 3.53. The third kappa shape index (κ3) is 2.14. The van der Waals surface area contributed by atoms with Crippen molar-refractivity contribution in [3.05, 3.63) is 29.2 Å². The van der Waals surface area contributed by atoms with Crippen LogP contribution in [0.2, 0.25) is 0 Å². The summed E-state index contributed by atoms with van der Waals surface area (Å²) in [5.74, 6) is 0. The van der Waals surface area contributed by atoms with Gasteiger partial charge in [0, 0.05) is 12.7 Å². The molecule has 1 aromatic rings. The molecule has 0 aromatic heterocycles. The van der Waals surface area contributed by atoms with E-state index >= 15 is 0 Å². The van der Waals surface area contributed by atoms with E-state index in [1.54, 1.807) is 12.1 Å². The number of hydrogen-bond donors (Lipinski definition) is 0. The first-order valence-electron chi connectivity index (χ1n) is 3.07. The molecule has 0 radical (unpaired) electrons. The Balaban J connectivity index is 2.91. The van der Waals surface area contributed by atoms with Crippen molar-refractivity contribution in [1.82, 2.24) is 0 Å². The lowest BCUT2D eigenvalue weighted by Crippen LogP contribution is -1.97. The predicted octanol–water partition coefficient (Wildman–Crippen LogP) is 2.87. The molecule has 3 nitrogen and oxygen atoms in total. The van der Waals surface area contributed by atoms with Crippen LogP contribution in [0.25, 0.3) is 0 Å². The van der Waals surface area contributed by atoms with Crippen molar-refractivity contribution in [2.45, 2.75) is 0 Å². The highest BCUT2D eigenvalue weighted by molar-refractivity contribution is 14.1. The Bertz CT molecular complexity index is 245. The number of anilines is 1. The van der Waals surface area contributed by atoms with Gasteiger partial charge in [-0.15, -0.1) is 4.91 Å². The molecular formula is C7H7IN2O. The van der Waals surface area contributed by atoms with E-state index in [1.165, 1.54) is 0 Å². The lowest BCUT2D eigenvalue weighted by molar-refractivity contribution is 1.39. The van der Waals surface area contributed by atoms with Crippen LogP contribution in [0, 0.1) is 4.91 Å². The minimum atomic E-state index is 0.465. The molecule has 0 amide bonds. The smallest absolute Gasteiger partial charge is 0.108 e. The number of rotatable bonds is 2. The highest BCUT2D eigenvalue weighted by atomic mass is 127. The van der Waals surface area contributed by atoms with Crippen LogP contribution in [-0.2, 0) is 0 Å². The largest absolute Gasteiger partial charge is 0.318 e. The first kappa shape index (κ1) is 8.45. The van der Waals surface area contributed by atoms with E-state index in [0.717, 1.165) is 5.69 Å². The molecule has 0 unspecified atom stereocenters. The second kappa shape index (κ2) is 3.66. The molecule has 1 rings (SSSR count). The molecule has 0 saturated carbocycles. The Kier molecular flexibility index (Phi) is 2.81. The monoisotopic (exact) mass is 262 g/mol. The summed E-state index contributed by atoms with van der Waals surface area (Å²) in [5, 5.41) is 2.80. The summed E-state index contributed by atoms with van der Waals surface area (Å²) in [5.41, 5.74) is 1.52. The Labute approximate surface area is 78.9 Å². The van der Waals surface area contributed by atoms with Gasteiger partial charge in [0.25, 0.3) is 0 Å². The van der Waals surface area contributed by atoms with Crippen LogP contribution in [0.15, 0.2) is 29.4 Å². The van der Waals surface area contributed by atoms with E-state index in [2.05, 4.69) is 28.0 Å². The molecule has 58 valence electrons. The van der Waals surface area contributed by atoms with Crippen LogP contribution in [0.5, 0.6) is 0 Å². The van der Waals surface area contributed by atoms with E-state index < -0.39 is 0 Å². The number of benzene rings is 1. The maximum absolute atomic E-state index is 10.0. The van der Waals surface area contributed by atoms with E-state index in [-0.39, 0.29) is 0 Å². The highest BCUT2D eigenvalue weighted by Crippen LogP contribution is 2.20. The number of hydrogen-bond acceptors (Lipinski definition) is 3. The number of halogens is 1. The first-order chi connectivity index (χ1) is 5.24.